The number of para-hydroxylation sites is 1. The van der Waals surface area contributed by atoms with Gasteiger partial charge in [0, 0.05) is 12.6 Å². The van der Waals surface area contributed by atoms with Crippen molar-refractivity contribution in [3.05, 3.63) is 54.5 Å². The van der Waals surface area contributed by atoms with Gasteiger partial charge in [0.1, 0.15) is 5.76 Å². The van der Waals surface area contributed by atoms with Crippen LogP contribution < -0.4 is 4.90 Å². The third-order valence-corrected chi connectivity index (χ3v) is 4.32. The van der Waals surface area contributed by atoms with Crippen molar-refractivity contribution in [2.24, 2.45) is 5.92 Å². The van der Waals surface area contributed by atoms with Crippen molar-refractivity contribution in [2.75, 3.05) is 11.4 Å². The lowest BCUT2D eigenvalue weighted by molar-refractivity contribution is -0.114. The molecule has 4 nitrogen and oxygen atoms in total. The van der Waals surface area contributed by atoms with E-state index in [-0.39, 0.29) is 5.91 Å². The van der Waals surface area contributed by atoms with Gasteiger partial charge in [-0.2, -0.15) is 0 Å². The summed E-state index contributed by atoms with van der Waals surface area (Å²) >= 11 is 1.54. The van der Waals surface area contributed by atoms with E-state index >= 15 is 0 Å². The molecule has 118 valence electrons. The fourth-order valence-electron chi connectivity index (χ4n) is 2.23. The molecule has 0 aliphatic rings. The molecule has 0 saturated heterocycles. The normalized spacial score (nSPS) is 11.6. The van der Waals surface area contributed by atoms with Crippen molar-refractivity contribution in [3.8, 4) is 0 Å². The number of thiazole rings is 1. The van der Waals surface area contributed by atoms with Gasteiger partial charge in [-0.25, -0.2) is 4.98 Å². The number of fused-ring (bicyclic) bond motifs is 1. The number of aromatic nitrogens is 1. The third kappa shape index (κ3) is 3.68. The molecule has 0 unspecified atom stereocenters. The minimum absolute atomic E-state index is 0.0887. The Morgan fingerprint density at radius 1 is 1.30 bits per heavy atom. The Morgan fingerprint density at radius 2 is 2.13 bits per heavy atom. The summed E-state index contributed by atoms with van der Waals surface area (Å²) in [7, 11) is 0. The summed E-state index contributed by atoms with van der Waals surface area (Å²) in [4.78, 5) is 18.9. The Bertz CT molecular complexity index is 786. The van der Waals surface area contributed by atoms with E-state index in [0.717, 1.165) is 15.3 Å². The summed E-state index contributed by atoms with van der Waals surface area (Å²) in [5.41, 5.74) is 0.920. The molecule has 0 aliphatic heterocycles. The van der Waals surface area contributed by atoms with Gasteiger partial charge < -0.3 is 4.42 Å². The summed E-state index contributed by atoms with van der Waals surface area (Å²) in [5, 5.41) is 0.731. The quantitative estimate of drug-likeness (QED) is 0.644. The SMILES string of the molecule is CC(C)CN(C(=O)/C=C/c1ccco1)c1nc2ccccc2s1. The van der Waals surface area contributed by atoms with Crippen LogP contribution in [0.4, 0.5) is 5.13 Å². The van der Waals surface area contributed by atoms with Gasteiger partial charge in [0.15, 0.2) is 5.13 Å². The van der Waals surface area contributed by atoms with E-state index in [2.05, 4.69) is 18.8 Å². The summed E-state index contributed by atoms with van der Waals surface area (Å²) in [5.74, 6) is 0.921. The molecule has 23 heavy (non-hydrogen) atoms. The largest absolute Gasteiger partial charge is 0.465 e. The van der Waals surface area contributed by atoms with Crippen molar-refractivity contribution in [1.29, 1.82) is 0 Å². The van der Waals surface area contributed by atoms with Gasteiger partial charge in [-0.3, -0.25) is 9.69 Å². The smallest absolute Gasteiger partial charge is 0.252 e. The van der Waals surface area contributed by atoms with E-state index in [1.54, 1.807) is 23.3 Å². The minimum atomic E-state index is -0.0887. The van der Waals surface area contributed by atoms with E-state index < -0.39 is 0 Å². The van der Waals surface area contributed by atoms with Gasteiger partial charge in [0.2, 0.25) is 0 Å². The second-order valence-corrected chi connectivity index (χ2v) is 6.66. The fraction of sp³-hybridized carbons (Fsp3) is 0.222. The Morgan fingerprint density at radius 3 is 2.83 bits per heavy atom. The first-order valence-electron chi connectivity index (χ1n) is 7.52. The van der Waals surface area contributed by atoms with Crippen LogP contribution in [0.3, 0.4) is 0 Å². The first kappa shape index (κ1) is 15.5. The third-order valence-electron chi connectivity index (χ3n) is 3.26. The van der Waals surface area contributed by atoms with Crippen molar-refractivity contribution in [2.45, 2.75) is 13.8 Å². The van der Waals surface area contributed by atoms with Crippen LogP contribution in [0.2, 0.25) is 0 Å². The van der Waals surface area contributed by atoms with Gasteiger partial charge in [-0.05, 0) is 36.3 Å². The predicted octanol–water partition coefficient (Wildman–Crippen LogP) is 4.59. The Hall–Kier alpha value is -2.40. The molecule has 0 aliphatic carbocycles. The molecule has 3 aromatic rings. The number of hydrogen-bond acceptors (Lipinski definition) is 4. The molecule has 1 aromatic carbocycles. The lowest BCUT2D eigenvalue weighted by atomic mass is 10.2. The van der Waals surface area contributed by atoms with Crippen LogP contribution in [-0.4, -0.2) is 17.4 Å². The standard InChI is InChI=1S/C18H18N2O2S/c1-13(2)12-20(17(21)10-9-14-6-5-11-22-14)18-19-15-7-3-4-8-16(15)23-18/h3-11,13H,12H2,1-2H3/b10-9+. The first-order chi connectivity index (χ1) is 11.1. The molecule has 1 amide bonds. The van der Waals surface area contributed by atoms with E-state index in [9.17, 15) is 4.79 Å². The van der Waals surface area contributed by atoms with E-state index in [0.29, 0.717) is 18.2 Å². The second-order valence-electron chi connectivity index (χ2n) is 5.66. The van der Waals surface area contributed by atoms with Gasteiger partial charge in [0.25, 0.3) is 5.91 Å². The highest BCUT2D eigenvalue weighted by Crippen LogP contribution is 2.29. The zero-order valence-corrected chi connectivity index (χ0v) is 13.9. The van der Waals surface area contributed by atoms with Crippen LogP contribution in [0.15, 0.2) is 53.2 Å². The van der Waals surface area contributed by atoms with Crippen molar-refractivity contribution in [3.63, 3.8) is 0 Å². The van der Waals surface area contributed by atoms with Crippen LogP contribution in [-0.2, 0) is 4.79 Å². The maximum absolute atomic E-state index is 12.6. The molecule has 2 aromatic heterocycles. The number of furan rings is 1. The summed E-state index contributed by atoms with van der Waals surface area (Å²) < 4.78 is 6.31. The predicted molar refractivity (Wildman–Crippen MR) is 94.6 cm³/mol. The lowest BCUT2D eigenvalue weighted by Gasteiger charge is -2.20. The summed E-state index contributed by atoms with van der Waals surface area (Å²) in [6.45, 7) is 4.80. The van der Waals surface area contributed by atoms with Crippen molar-refractivity contribution in [1.82, 2.24) is 4.98 Å². The highest BCUT2D eigenvalue weighted by Gasteiger charge is 2.18. The molecule has 0 saturated carbocycles. The monoisotopic (exact) mass is 326 g/mol. The number of anilines is 1. The second kappa shape index (κ2) is 6.79. The molecule has 0 spiro atoms. The molecule has 2 heterocycles. The molecule has 0 radical (unpaired) electrons. The van der Waals surface area contributed by atoms with Crippen LogP contribution in [0.25, 0.3) is 16.3 Å². The van der Waals surface area contributed by atoms with Gasteiger partial charge in [0.05, 0.1) is 16.5 Å². The fourth-order valence-corrected chi connectivity index (χ4v) is 3.21. The molecular weight excluding hydrogens is 308 g/mol. The zero-order valence-electron chi connectivity index (χ0n) is 13.1. The van der Waals surface area contributed by atoms with Crippen LogP contribution in [0.1, 0.15) is 19.6 Å². The number of carbonyl (C=O) groups is 1. The van der Waals surface area contributed by atoms with Crippen molar-refractivity contribution < 1.29 is 9.21 Å². The van der Waals surface area contributed by atoms with Crippen LogP contribution in [0, 0.1) is 5.92 Å². The highest BCUT2D eigenvalue weighted by atomic mass is 32.1. The highest BCUT2D eigenvalue weighted by molar-refractivity contribution is 7.22. The van der Waals surface area contributed by atoms with Gasteiger partial charge in [-0.15, -0.1) is 0 Å². The number of amides is 1. The van der Waals surface area contributed by atoms with E-state index in [4.69, 9.17) is 4.42 Å². The average Bonchev–Trinajstić information content (AvgIpc) is 3.18. The maximum atomic E-state index is 12.6. The Balaban J connectivity index is 1.88. The first-order valence-corrected chi connectivity index (χ1v) is 8.34. The molecule has 0 N–H and O–H groups in total. The van der Waals surface area contributed by atoms with Crippen LogP contribution >= 0.6 is 11.3 Å². The Labute approximate surface area is 139 Å². The summed E-state index contributed by atoms with van der Waals surface area (Å²) in [6, 6.07) is 11.5. The average molecular weight is 326 g/mol. The molecule has 0 bridgehead atoms. The molecule has 0 atom stereocenters. The molecule has 5 heteroatoms. The van der Waals surface area contributed by atoms with Crippen molar-refractivity contribution >= 4 is 38.7 Å². The van der Waals surface area contributed by atoms with E-state index in [1.807, 2.05) is 30.3 Å². The number of benzene rings is 1. The molecule has 3 rings (SSSR count). The van der Waals surface area contributed by atoms with Gasteiger partial charge in [-0.1, -0.05) is 37.3 Å². The number of carbonyl (C=O) groups excluding carboxylic acids is 1. The molecule has 0 fully saturated rings. The van der Waals surface area contributed by atoms with Gasteiger partial charge >= 0.3 is 0 Å². The number of rotatable bonds is 5. The van der Waals surface area contributed by atoms with E-state index in [1.165, 1.54) is 17.4 Å². The zero-order chi connectivity index (χ0) is 16.2. The molecular formula is C18H18N2O2S. The number of nitrogens with zero attached hydrogens (tertiary/aromatic N) is 2. The van der Waals surface area contributed by atoms with Crippen LogP contribution in [0.5, 0.6) is 0 Å². The topological polar surface area (TPSA) is 46.3 Å². The lowest BCUT2D eigenvalue weighted by Crippen LogP contribution is -2.32. The maximum Gasteiger partial charge on any atom is 0.252 e. The number of hydrogen-bond donors (Lipinski definition) is 0. The minimum Gasteiger partial charge on any atom is -0.465 e. The Kier molecular flexibility index (Phi) is 4.57. The summed E-state index contributed by atoms with van der Waals surface area (Å²) in [6.07, 6.45) is 4.81.